The summed E-state index contributed by atoms with van der Waals surface area (Å²) in [6.45, 7) is 8.91. The molecule has 0 aliphatic heterocycles. The Bertz CT molecular complexity index is 587. The van der Waals surface area contributed by atoms with Crippen LogP contribution in [0.4, 0.5) is 0 Å². The Balaban J connectivity index is 0. The minimum atomic E-state index is -0.738. The molecule has 0 saturated heterocycles. The molecule has 240 valence electrons. The Kier molecular flexibility index (Phi) is 34.4. The number of nitrogens with one attached hydrogen (secondary N) is 2. The van der Waals surface area contributed by atoms with Crippen LogP contribution in [0.25, 0.3) is 0 Å². The van der Waals surface area contributed by atoms with Gasteiger partial charge in [0.25, 0.3) is 0 Å². The molecule has 0 aromatic heterocycles. The number of nitrogens with zero attached hydrogens (tertiary/aromatic N) is 2. The quantitative estimate of drug-likeness (QED) is 0.0402. The maximum atomic E-state index is 10.1. The first-order valence-electron chi connectivity index (χ1n) is 13.9. The lowest BCUT2D eigenvalue weighted by Crippen LogP contribution is -2.43. The van der Waals surface area contributed by atoms with Crippen molar-refractivity contribution in [1.29, 1.82) is 0 Å². The van der Waals surface area contributed by atoms with Crippen LogP contribution in [0.5, 0.6) is 0 Å². The summed E-state index contributed by atoms with van der Waals surface area (Å²) in [7, 11) is 3.26. The first-order valence-corrected chi connectivity index (χ1v) is 16.4. The molecule has 0 radical (unpaired) electrons. The van der Waals surface area contributed by atoms with Gasteiger partial charge in [0.2, 0.25) is 0 Å². The van der Waals surface area contributed by atoms with Crippen molar-refractivity contribution in [3.8, 4) is 0 Å². The van der Waals surface area contributed by atoms with E-state index >= 15 is 0 Å². The zero-order valence-corrected chi connectivity index (χ0v) is 28.3. The van der Waals surface area contributed by atoms with E-state index in [0.717, 1.165) is 31.0 Å². The lowest BCUT2D eigenvalue weighted by molar-refractivity contribution is -0.0950. The summed E-state index contributed by atoms with van der Waals surface area (Å²) in [4.78, 5) is 8.28. The first-order chi connectivity index (χ1) is 19.4. The zero-order valence-electron chi connectivity index (χ0n) is 24.7. The smallest absolute Gasteiger partial charge is 0.116 e. The second kappa shape index (κ2) is 32.3. The summed E-state index contributed by atoms with van der Waals surface area (Å²) in [6, 6.07) is 0. The van der Waals surface area contributed by atoms with Crippen LogP contribution in [-0.2, 0) is 18.9 Å². The summed E-state index contributed by atoms with van der Waals surface area (Å²) in [5, 5.41) is 26.6. The van der Waals surface area contributed by atoms with Crippen LogP contribution < -0.4 is 10.6 Å². The monoisotopic (exact) mass is 648 g/mol. The standard InChI is InChI=1S/C13H30N2O3S2.C13H26N2O3S2/c2*1-3-13(12(16)9-15-5-7-20)18-11(10-17-2)8-14-4-6-19/h11-16,19-20H,3-10H2,1-2H3;8-9,11-13,16,19-20H,3-7,10H2,1-2H3. The van der Waals surface area contributed by atoms with E-state index in [1.165, 1.54) is 6.21 Å². The van der Waals surface area contributed by atoms with E-state index in [1.807, 2.05) is 13.8 Å². The van der Waals surface area contributed by atoms with Crippen molar-refractivity contribution < 1.29 is 29.2 Å². The van der Waals surface area contributed by atoms with E-state index < -0.39 is 12.2 Å². The Morgan fingerprint density at radius 1 is 0.725 bits per heavy atom. The van der Waals surface area contributed by atoms with Crippen molar-refractivity contribution in [3.63, 3.8) is 0 Å². The molecule has 0 aromatic rings. The minimum Gasteiger partial charge on any atom is -0.389 e. The van der Waals surface area contributed by atoms with Gasteiger partial charge in [-0.3, -0.25) is 9.98 Å². The third kappa shape index (κ3) is 25.0. The lowest BCUT2D eigenvalue weighted by atomic mass is 10.1. The van der Waals surface area contributed by atoms with Gasteiger partial charge in [-0.25, -0.2) is 0 Å². The van der Waals surface area contributed by atoms with Crippen LogP contribution in [0.15, 0.2) is 9.98 Å². The van der Waals surface area contributed by atoms with E-state index in [1.54, 1.807) is 20.4 Å². The first kappa shape index (κ1) is 42.6. The van der Waals surface area contributed by atoms with Gasteiger partial charge in [-0.2, -0.15) is 50.5 Å². The number of aliphatic imine (C=N–C) groups is 2. The molecule has 0 heterocycles. The number of rotatable bonds is 26. The summed E-state index contributed by atoms with van der Waals surface area (Å²) < 4.78 is 22.0. The predicted molar refractivity (Wildman–Crippen MR) is 182 cm³/mol. The molecule has 10 nitrogen and oxygen atoms in total. The number of hydrogen-bond acceptors (Lipinski definition) is 14. The van der Waals surface area contributed by atoms with Crippen molar-refractivity contribution in [1.82, 2.24) is 10.6 Å². The van der Waals surface area contributed by atoms with Gasteiger partial charge in [0.05, 0.1) is 37.6 Å². The van der Waals surface area contributed by atoms with Crippen LogP contribution in [0.1, 0.15) is 26.7 Å². The highest BCUT2D eigenvalue weighted by Gasteiger charge is 2.22. The van der Waals surface area contributed by atoms with Gasteiger partial charge in [-0.15, -0.1) is 0 Å². The van der Waals surface area contributed by atoms with Gasteiger partial charge >= 0.3 is 0 Å². The average molecular weight is 649 g/mol. The number of aliphatic hydroxyl groups excluding tert-OH is 2. The van der Waals surface area contributed by atoms with E-state index in [-0.39, 0.29) is 24.4 Å². The number of ether oxygens (including phenoxy) is 4. The van der Waals surface area contributed by atoms with Crippen molar-refractivity contribution in [3.05, 3.63) is 0 Å². The predicted octanol–water partition coefficient (Wildman–Crippen LogP) is 1.36. The third-order valence-corrected chi connectivity index (χ3v) is 6.15. The minimum absolute atomic E-state index is 0.0654. The highest BCUT2D eigenvalue weighted by molar-refractivity contribution is 7.80. The van der Waals surface area contributed by atoms with Crippen LogP contribution in [0.2, 0.25) is 0 Å². The molecule has 0 fully saturated rings. The van der Waals surface area contributed by atoms with Gasteiger partial charge in [-0.05, 0) is 12.8 Å². The molecule has 4 N–H and O–H groups in total. The number of hydrogen-bond donors (Lipinski definition) is 8. The molecule has 0 aromatic carbocycles. The molecule has 0 aliphatic carbocycles. The van der Waals surface area contributed by atoms with Crippen molar-refractivity contribution >= 4 is 62.9 Å². The molecule has 0 amide bonds. The second-order valence-corrected chi connectivity index (χ2v) is 10.5. The molecule has 14 heteroatoms. The summed E-state index contributed by atoms with van der Waals surface area (Å²) in [5.74, 6) is 2.88. The third-order valence-electron chi connectivity index (χ3n) is 5.31. The molecule has 6 atom stereocenters. The van der Waals surface area contributed by atoms with Gasteiger partial charge < -0.3 is 39.8 Å². The molecule has 6 unspecified atom stereocenters. The Morgan fingerprint density at radius 2 is 1.27 bits per heavy atom. The Morgan fingerprint density at radius 3 is 1.77 bits per heavy atom. The van der Waals surface area contributed by atoms with Crippen molar-refractivity contribution in [2.75, 3.05) is 89.7 Å². The van der Waals surface area contributed by atoms with Crippen molar-refractivity contribution in [2.24, 2.45) is 9.98 Å². The molecular weight excluding hydrogens is 593 g/mol. The zero-order chi connectivity index (χ0) is 30.4. The summed E-state index contributed by atoms with van der Waals surface area (Å²) in [6.07, 6.45) is 2.52. The van der Waals surface area contributed by atoms with Crippen molar-refractivity contribution in [2.45, 2.75) is 63.3 Å². The van der Waals surface area contributed by atoms with Gasteiger partial charge in [-0.1, -0.05) is 13.8 Å². The topological polar surface area (TPSA) is 126 Å². The van der Waals surface area contributed by atoms with Gasteiger partial charge in [0.1, 0.15) is 12.2 Å². The van der Waals surface area contributed by atoms with Gasteiger partial charge in [0.15, 0.2) is 0 Å². The lowest BCUT2D eigenvalue weighted by Gasteiger charge is -2.27. The molecule has 0 spiro atoms. The number of aliphatic hydroxyl groups is 2. The Hall–Kier alpha value is 0.420. The molecule has 0 saturated carbocycles. The van der Waals surface area contributed by atoms with E-state index in [0.29, 0.717) is 57.3 Å². The number of methoxy groups -OCH3 is 2. The second-order valence-electron chi connectivity index (χ2n) is 8.71. The number of thiol groups is 4. The normalized spacial score (nSPS) is 16.4. The fourth-order valence-electron chi connectivity index (χ4n) is 3.35. The molecule has 40 heavy (non-hydrogen) atoms. The molecule has 0 aliphatic rings. The largest absolute Gasteiger partial charge is 0.389 e. The molecule has 0 bridgehead atoms. The maximum Gasteiger partial charge on any atom is 0.116 e. The van der Waals surface area contributed by atoms with Gasteiger partial charge in [0, 0.05) is 88.9 Å². The summed E-state index contributed by atoms with van der Waals surface area (Å²) in [5.41, 5.74) is 0. The van der Waals surface area contributed by atoms with Crippen LogP contribution in [-0.4, -0.2) is 149 Å². The van der Waals surface area contributed by atoms with Crippen LogP contribution in [0.3, 0.4) is 0 Å². The Labute approximate surface area is 264 Å². The van der Waals surface area contributed by atoms with E-state index in [4.69, 9.17) is 18.9 Å². The SMILES string of the molecule is CCC(OC(C=NCCS)COC)C(O)C=NCCS.CCC(OC(CNCCS)COC)C(O)CNCCS. The highest BCUT2D eigenvalue weighted by Crippen LogP contribution is 2.09. The fourth-order valence-corrected chi connectivity index (χ4v) is 3.90. The maximum absolute atomic E-state index is 10.1. The van der Waals surface area contributed by atoms with E-state index in [2.05, 4.69) is 71.1 Å². The molecular formula is C26H56N4O6S4. The molecule has 0 rings (SSSR count). The fraction of sp³-hybridized carbons (Fsp3) is 0.923. The average Bonchev–Trinajstić information content (AvgIpc) is 2.95. The van der Waals surface area contributed by atoms with E-state index in [9.17, 15) is 10.2 Å². The van der Waals surface area contributed by atoms with Crippen LogP contribution >= 0.6 is 50.5 Å². The highest BCUT2D eigenvalue weighted by atomic mass is 32.1. The summed E-state index contributed by atoms with van der Waals surface area (Å²) >= 11 is 16.4. The van der Waals surface area contributed by atoms with Crippen LogP contribution in [0, 0.1) is 0 Å².